The first kappa shape index (κ1) is 13.2. The van der Waals surface area contributed by atoms with Gasteiger partial charge in [0.05, 0.1) is 0 Å². The Kier molecular flexibility index (Phi) is 4.93. The van der Waals surface area contributed by atoms with Gasteiger partial charge in [0.2, 0.25) is 0 Å². The summed E-state index contributed by atoms with van der Waals surface area (Å²) >= 11 is 3.27. The van der Waals surface area contributed by atoms with Crippen LogP contribution in [0.4, 0.5) is 0 Å². The van der Waals surface area contributed by atoms with Crippen LogP contribution in [0.5, 0.6) is 0 Å². The van der Waals surface area contributed by atoms with E-state index in [0.717, 1.165) is 13.0 Å². The number of aromatic nitrogens is 1. The minimum absolute atomic E-state index is 0.0694. The minimum atomic E-state index is 0.0694. The maximum Gasteiger partial charge on any atom is 0.254 e. The molecule has 88 valence electrons. The van der Waals surface area contributed by atoms with Crippen molar-refractivity contribution < 1.29 is 4.79 Å². The smallest absolute Gasteiger partial charge is 0.254 e. The van der Waals surface area contributed by atoms with E-state index >= 15 is 0 Å². The van der Waals surface area contributed by atoms with Crippen LogP contribution in [-0.4, -0.2) is 28.4 Å². The monoisotopic (exact) mass is 284 g/mol. The van der Waals surface area contributed by atoms with E-state index in [0.29, 0.717) is 10.2 Å². The van der Waals surface area contributed by atoms with Crippen LogP contribution in [0.1, 0.15) is 37.6 Å². The predicted molar refractivity (Wildman–Crippen MR) is 68.4 cm³/mol. The maximum atomic E-state index is 12.2. The zero-order chi connectivity index (χ0) is 12.1. The number of hydrogen-bond donors (Lipinski definition) is 0. The number of carbonyl (C=O) groups is 1. The van der Waals surface area contributed by atoms with Gasteiger partial charge in [0.1, 0.15) is 4.60 Å². The molecule has 0 unspecified atom stereocenters. The molecule has 0 atom stereocenters. The summed E-state index contributed by atoms with van der Waals surface area (Å²) in [5, 5.41) is 0. The van der Waals surface area contributed by atoms with Crippen molar-refractivity contribution in [3.05, 3.63) is 28.5 Å². The topological polar surface area (TPSA) is 33.2 Å². The van der Waals surface area contributed by atoms with Crippen LogP contribution in [0, 0.1) is 0 Å². The molecule has 3 nitrogen and oxygen atoms in total. The second kappa shape index (κ2) is 5.99. The molecule has 1 heterocycles. The fraction of sp³-hybridized carbons (Fsp3) is 0.500. The van der Waals surface area contributed by atoms with Crippen LogP contribution in [0.3, 0.4) is 0 Å². The van der Waals surface area contributed by atoms with Gasteiger partial charge in [0.15, 0.2) is 0 Å². The quantitative estimate of drug-likeness (QED) is 0.796. The molecule has 16 heavy (non-hydrogen) atoms. The highest BCUT2D eigenvalue weighted by Gasteiger charge is 2.17. The lowest BCUT2D eigenvalue weighted by Crippen LogP contribution is -2.37. The molecule has 0 aliphatic heterocycles. The van der Waals surface area contributed by atoms with Crippen LogP contribution >= 0.6 is 15.9 Å². The van der Waals surface area contributed by atoms with Crippen LogP contribution in [-0.2, 0) is 0 Å². The van der Waals surface area contributed by atoms with Gasteiger partial charge in [-0.05, 0) is 48.3 Å². The average molecular weight is 285 g/mol. The first-order valence-corrected chi connectivity index (χ1v) is 6.28. The van der Waals surface area contributed by atoms with Gasteiger partial charge in [-0.25, -0.2) is 4.98 Å². The third kappa shape index (κ3) is 3.30. The number of rotatable bonds is 4. The van der Waals surface area contributed by atoms with Crippen molar-refractivity contribution in [3.8, 4) is 0 Å². The summed E-state index contributed by atoms with van der Waals surface area (Å²) in [4.78, 5) is 18.1. The molecule has 0 aliphatic carbocycles. The molecule has 1 amide bonds. The Bertz CT molecular complexity index is 366. The maximum absolute atomic E-state index is 12.2. The van der Waals surface area contributed by atoms with Crippen LogP contribution in [0.25, 0.3) is 0 Å². The third-order valence-corrected chi connectivity index (χ3v) is 2.76. The molecule has 0 fully saturated rings. The highest BCUT2D eigenvalue weighted by Crippen LogP contribution is 2.12. The lowest BCUT2D eigenvalue weighted by atomic mass is 10.2. The number of carbonyl (C=O) groups excluding carboxylic acids is 1. The summed E-state index contributed by atoms with van der Waals surface area (Å²) in [6.07, 6.45) is 2.61. The number of amides is 1. The number of hydrogen-bond acceptors (Lipinski definition) is 2. The Labute approximate surface area is 105 Å². The van der Waals surface area contributed by atoms with Crippen molar-refractivity contribution in [2.24, 2.45) is 0 Å². The largest absolute Gasteiger partial charge is 0.336 e. The summed E-state index contributed by atoms with van der Waals surface area (Å²) in [7, 11) is 0. The Morgan fingerprint density at radius 1 is 1.56 bits per heavy atom. The predicted octanol–water partition coefficient (Wildman–Crippen LogP) is 3.10. The van der Waals surface area contributed by atoms with Crippen LogP contribution in [0.2, 0.25) is 0 Å². The fourth-order valence-electron chi connectivity index (χ4n) is 1.54. The molecular weight excluding hydrogens is 268 g/mol. The molecule has 0 aliphatic rings. The zero-order valence-electron chi connectivity index (χ0n) is 9.90. The van der Waals surface area contributed by atoms with Crippen molar-refractivity contribution in [1.29, 1.82) is 0 Å². The number of nitrogens with zero attached hydrogens (tertiary/aromatic N) is 2. The molecule has 0 saturated carbocycles. The first-order chi connectivity index (χ1) is 7.56. The van der Waals surface area contributed by atoms with Crippen molar-refractivity contribution in [3.63, 3.8) is 0 Å². The summed E-state index contributed by atoms with van der Waals surface area (Å²) in [6, 6.07) is 3.73. The standard InChI is InChI=1S/C12H17BrN2O/c1-4-7-15(9(2)3)12(16)10-5-6-14-11(13)8-10/h5-6,8-9H,4,7H2,1-3H3. The Balaban J connectivity index is 2.90. The normalized spacial score (nSPS) is 10.6. The molecule has 4 heteroatoms. The SMILES string of the molecule is CCCN(C(=O)c1ccnc(Br)c1)C(C)C. The van der Waals surface area contributed by atoms with E-state index in [9.17, 15) is 4.79 Å². The van der Waals surface area contributed by atoms with Gasteiger partial charge in [-0.2, -0.15) is 0 Å². The van der Waals surface area contributed by atoms with Gasteiger partial charge >= 0.3 is 0 Å². The molecular formula is C12H17BrN2O. The highest BCUT2D eigenvalue weighted by atomic mass is 79.9. The molecule has 0 spiro atoms. The van der Waals surface area contributed by atoms with Gasteiger partial charge in [0, 0.05) is 24.3 Å². The lowest BCUT2D eigenvalue weighted by molar-refractivity contribution is 0.0705. The lowest BCUT2D eigenvalue weighted by Gasteiger charge is -2.26. The first-order valence-electron chi connectivity index (χ1n) is 5.48. The van der Waals surface area contributed by atoms with Crippen LogP contribution in [0.15, 0.2) is 22.9 Å². The zero-order valence-corrected chi connectivity index (χ0v) is 11.5. The van der Waals surface area contributed by atoms with Gasteiger partial charge in [-0.3, -0.25) is 4.79 Å². The minimum Gasteiger partial charge on any atom is -0.336 e. The van der Waals surface area contributed by atoms with E-state index in [1.54, 1.807) is 18.3 Å². The second-order valence-corrected chi connectivity index (χ2v) is 4.77. The van der Waals surface area contributed by atoms with Gasteiger partial charge < -0.3 is 4.90 Å². The van der Waals surface area contributed by atoms with Crippen molar-refractivity contribution >= 4 is 21.8 Å². The molecule has 0 bridgehead atoms. The van der Waals surface area contributed by atoms with Gasteiger partial charge in [-0.15, -0.1) is 0 Å². The fourth-order valence-corrected chi connectivity index (χ4v) is 1.90. The number of halogens is 1. The van der Waals surface area contributed by atoms with E-state index < -0.39 is 0 Å². The molecule has 1 aromatic heterocycles. The third-order valence-electron chi connectivity index (χ3n) is 2.32. The van der Waals surface area contributed by atoms with Crippen LogP contribution < -0.4 is 0 Å². The molecule has 0 aromatic carbocycles. The molecule has 0 radical (unpaired) electrons. The Morgan fingerprint density at radius 2 is 2.25 bits per heavy atom. The van der Waals surface area contributed by atoms with E-state index in [4.69, 9.17) is 0 Å². The second-order valence-electron chi connectivity index (χ2n) is 3.96. The average Bonchev–Trinajstić information content (AvgIpc) is 2.24. The summed E-state index contributed by atoms with van der Waals surface area (Å²) in [5.41, 5.74) is 0.684. The summed E-state index contributed by atoms with van der Waals surface area (Å²) in [5.74, 6) is 0.0694. The molecule has 1 rings (SSSR count). The van der Waals surface area contributed by atoms with Crippen molar-refractivity contribution in [2.75, 3.05) is 6.54 Å². The van der Waals surface area contributed by atoms with Gasteiger partial charge in [0.25, 0.3) is 5.91 Å². The molecule has 0 saturated heterocycles. The highest BCUT2D eigenvalue weighted by molar-refractivity contribution is 9.10. The molecule has 1 aromatic rings. The Hall–Kier alpha value is -0.900. The van der Waals surface area contributed by atoms with Crippen molar-refractivity contribution in [2.45, 2.75) is 33.2 Å². The van der Waals surface area contributed by atoms with E-state index in [2.05, 4.69) is 27.8 Å². The van der Waals surface area contributed by atoms with Crippen molar-refractivity contribution in [1.82, 2.24) is 9.88 Å². The van der Waals surface area contributed by atoms with E-state index in [1.807, 2.05) is 18.7 Å². The summed E-state index contributed by atoms with van der Waals surface area (Å²) in [6.45, 7) is 6.93. The summed E-state index contributed by atoms with van der Waals surface area (Å²) < 4.78 is 0.693. The number of pyridine rings is 1. The van der Waals surface area contributed by atoms with E-state index in [1.165, 1.54) is 0 Å². The Morgan fingerprint density at radius 3 is 2.75 bits per heavy atom. The molecule has 0 N–H and O–H groups in total. The van der Waals surface area contributed by atoms with E-state index in [-0.39, 0.29) is 11.9 Å². The van der Waals surface area contributed by atoms with Gasteiger partial charge in [-0.1, -0.05) is 6.92 Å².